The molecule has 4 atom stereocenters. The summed E-state index contributed by atoms with van der Waals surface area (Å²) in [4.78, 5) is 0. The Morgan fingerprint density at radius 3 is 2.67 bits per heavy atom. The highest BCUT2D eigenvalue weighted by Crippen LogP contribution is 2.46. The first-order valence-electron chi connectivity index (χ1n) is 9.08. The Bertz CT molecular complexity index is 453. The van der Waals surface area contributed by atoms with E-state index in [0.29, 0.717) is 6.04 Å². The van der Waals surface area contributed by atoms with Crippen LogP contribution in [-0.4, -0.2) is 7.05 Å². The maximum absolute atomic E-state index is 3.63. The molecule has 4 unspecified atom stereocenters. The molecule has 0 heterocycles. The number of hydrogen-bond donors (Lipinski definition) is 1. The molecule has 21 heavy (non-hydrogen) atoms. The van der Waals surface area contributed by atoms with E-state index in [9.17, 15) is 0 Å². The van der Waals surface area contributed by atoms with Gasteiger partial charge in [0.25, 0.3) is 0 Å². The standard InChI is InChI=1S/C20H31N/c1-3-15-7-6-10-18(13-15)20(21-2)19-12-11-16-8-4-5-9-17(16)14-19/h6-7,10,13,16-17,19-21H,3-5,8-9,11-12,14H2,1-2H3. The minimum Gasteiger partial charge on any atom is -0.313 e. The van der Waals surface area contributed by atoms with Crippen LogP contribution in [0.3, 0.4) is 0 Å². The van der Waals surface area contributed by atoms with Crippen LogP contribution < -0.4 is 5.32 Å². The highest BCUT2D eigenvalue weighted by molar-refractivity contribution is 5.26. The predicted octanol–water partition coefficient (Wildman–Crippen LogP) is 5.12. The molecular weight excluding hydrogens is 254 g/mol. The monoisotopic (exact) mass is 285 g/mol. The van der Waals surface area contributed by atoms with Gasteiger partial charge in [0, 0.05) is 6.04 Å². The van der Waals surface area contributed by atoms with Gasteiger partial charge in [0.1, 0.15) is 0 Å². The lowest BCUT2D eigenvalue weighted by Gasteiger charge is -2.42. The molecule has 1 aromatic carbocycles. The fraction of sp³-hybridized carbons (Fsp3) is 0.700. The van der Waals surface area contributed by atoms with Gasteiger partial charge in [-0.2, -0.15) is 0 Å². The molecule has 1 N–H and O–H groups in total. The zero-order valence-electron chi connectivity index (χ0n) is 13.8. The normalized spacial score (nSPS) is 30.7. The van der Waals surface area contributed by atoms with Crippen molar-refractivity contribution in [2.75, 3.05) is 7.05 Å². The number of nitrogens with one attached hydrogen (secondary N) is 1. The maximum Gasteiger partial charge on any atom is 0.0346 e. The molecule has 1 nitrogen and oxygen atoms in total. The van der Waals surface area contributed by atoms with Crippen LogP contribution in [0.15, 0.2) is 24.3 Å². The molecule has 2 aliphatic carbocycles. The Labute approximate surface area is 130 Å². The van der Waals surface area contributed by atoms with Crippen molar-refractivity contribution in [3.05, 3.63) is 35.4 Å². The van der Waals surface area contributed by atoms with Crippen molar-refractivity contribution in [2.45, 2.75) is 64.3 Å². The third kappa shape index (κ3) is 3.34. The zero-order chi connectivity index (χ0) is 14.7. The average molecular weight is 285 g/mol. The molecule has 116 valence electrons. The average Bonchev–Trinajstić information content (AvgIpc) is 2.56. The van der Waals surface area contributed by atoms with Crippen molar-refractivity contribution in [1.82, 2.24) is 5.32 Å². The summed E-state index contributed by atoms with van der Waals surface area (Å²) in [5.74, 6) is 2.90. The lowest BCUT2D eigenvalue weighted by atomic mass is 9.65. The molecule has 0 saturated heterocycles. The summed E-state index contributed by atoms with van der Waals surface area (Å²) in [7, 11) is 2.15. The Balaban J connectivity index is 1.73. The second-order valence-electron chi connectivity index (χ2n) is 7.24. The molecule has 1 heteroatoms. The summed E-state index contributed by atoms with van der Waals surface area (Å²) in [5, 5.41) is 3.63. The Morgan fingerprint density at radius 1 is 1.10 bits per heavy atom. The van der Waals surface area contributed by atoms with Crippen molar-refractivity contribution in [3.63, 3.8) is 0 Å². The van der Waals surface area contributed by atoms with Crippen LogP contribution in [-0.2, 0) is 6.42 Å². The Hall–Kier alpha value is -0.820. The molecule has 0 bridgehead atoms. The van der Waals surface area contributed by atoms with Gasteiger partial charge in [-0.25, -0.2) is 0 Å². The maximum atomic E-state index is 3.63. The summed E-state index contributed by atoms with van der Waals surface area (Å²) in [6, 6.07) is 9.81. The highest BCUT2D eigenvalue weighted by Gasteiger charge is 2.35. The van der Waals surface area contributed by atoms with E-state index in [1.165, 1.54) is 56.1 Å². The summed E-state index contributed by atoms with van der Waals surface area (Å²) >= 11 is 0. The van der Waals surface area contributed by atoms with Gasteiger partial charge in [0.15, 0.2) is 0 Å². The van der Waals surface area contributed by atoms with Crippen molar-refractivity contribution in [1.29, 1.82) is 0 Å². The zero-order valence-corrected chi connectivity index (χ0v) is 13.8. The molecule has 2 fully saturated rings. The van der Waals surface area contributed by atoms with Crippen LogP contribution in [0.25, 0.3) is 0 Å². The lowest BCUT2D eigenvalue weighted by Crippen LogP contribution is -2.34. The number of rotatable bonds is 4. The first-order chi connectivity index (χ1) is 10.3. The predicted molar refractivity (Wildman–Crippen MR) is 90.4 cm³/mol. The van der Waals surface area contributed by atoms with E-state index in [4.69, 9.17) is 0 Å². The fourth-order valence-electron chi connectivity index (χ4n) is 4.89. The first-order valence-corrected chi connectivity index (χ1v) is 9.08. The van der Waals surface area contributed by atoms with Gasteiger partial charge >= 0.3 is 0 Å². The molecule has 0 radical (unpaired) electrons. The van der Waals surface area contributed by atoms with Gasteiger partial charge in [-0.3, -0.25) is 0 Å². The van der Waals surface area contributed by atoms with Crippen molar-refractivity contribution >= 4 is 0 Å². The third-order valence-electron chi connectivity index (χ3n) is 6.08. The largest absolute Gasteiger partial charge is 0.313 e. The van der Waals surface area contributed by atoms with E-state index in [0.717, 1.165) is 24.2 Å². The van der Waals surface area contributed by atoms with Crippen LogP contribution in [0.5, 0.6) is 0 Å². The van der Waals surface area contributed by atoms with Gasteiger partial charge in [0.05, 0.1) is 0 Å². The molecule has 2 saturated carbocycles. The summed E-state index contributed by atoms with van der Waals surface area (Å²) in [5.41, 5.74) is 2.98. The van der Waals surface area contributed by atoms with Crippen LogP contribution in [0, 0.1) is 17.8 Å². The van der Waals surface area contributed by atoms with Gasteiger partial charge in [-0.15, -0.1) is 0 Å². The number of benzene rings is 1. The van der Waals surface area contributed by atoms with Gasteiger partial charge in [0.2, 0.25) is 0 Å². The Kier molecular flexibility index (Phi) is 5.00. The molecule has 0 amide bonds. The first kappa shape index (κ1) is 15.1. The van der Waals surface area contributed by atoms with Crippen LogP contribution in [0.2, 0.25) is 0 Å². The van der Waals surface area contributed by atoms with Gasteiger partial charge in [-0.1, -0.05) is 56.9 Å². The molecule has 2 aliphatic rings. The van der Waals surface area contributed by atoms with E-state index < -0.39 is 0 Å². The van der Waals surface area contributed by atoms with E-state index in [-0.39, 0.29) is 0 Å². The number of aryl methyl sites for hydroxylation is 1. The van der Waals surface area contributed by atoms with E-state index in [1.807, 2.05) is 0 Å². The minimum atomic E-state index is 0.555. The van der Waals surface area contributed by atoms with Crippen LogP contribution in [0.4, 0.5) is 0 Å². The smallest absolute Gasteiger partial charge is 0.0346 e. The number of fused-ring (bicyclic) bond motifs is 1. The van der Waals surface area contributed by atoms with E-state index in [1.54, 1.807) is 0 Å². The fourth-order valence-corrected chi connectivity index (χ4v) is 4.89. The lowest BCUT2D eigenvalue weighted by molar-refractivity contribution is 0.111. The highest BCUT2D eigenvalue weighted by atomic mass is 14.9. The van der Waals surface area contributed by atoms with E-state index in [2.05, 4.69) is 43.6 Å². The minimum absolute atomic E-state index is 0.555. The van der Waals surface area contributed by atoms with E-state index >= 15 is 0 Å². The summed E-state index contributed by atoms with van der Waals surface area (Å²) in [6.45, 7) is 2.25. The van der Waals surface area contributed by atoms with Gasteiger partial charge in [-0.05, 0) is 61.6 Å². The Morgan fingerprint density at radius 2 is 1.90 bits per heavy atom. The third-order valence-corrected chi connectivity index (χ3v) is 6.08. The molecule has 0 aromatic heterocycles. The topological polar surface area (TPSA) is 12.0 Å². The summed E-state index contributed by atoms with van der Waals surface area (Å²) < 4.78 is 0. The molecular formula is C20H31N. The van der Waals surface area contributed by atoms with Crippen molar-refractivity contribution in [3.8, 4) is 0 Å². The molecule has 0 spiro atoms. The van der Waals surface area contributed by atoms with Gasteiger partial charge < -0.3 is 5.32 Å². The van der Waals surface area contributed by atoms with Crippen molar-refractivity contribution in [2.24, 2.45) is 17.8 Å². The SMILES string of the molecule is CCc1cccc(C(NC)C2CCC3CCCCC3C2)c1. The second kappa shape index (κ2) is 6.96. The molecule has 1 aromatic rings. The second-order valence-corrected chi connectivity index (χ2v) is 7.24. The molecule has 3 rings (SSSR count). The quantitative estimate of drug-likeness (QED) is 0.810. The molecule has 0 aliphatic heterocycles. The summed E-state index contributed by atoms with van der Waals surface area (Å²) in [6.07, 6.45) is 11.4. The van der Waals surface area contributed by atoms with Crippen LogP contribution >= 0.6 is 0 Å². The van der Waals surface area contributed by atoms with Crippen LogP contribution in [0.1, 0.15) is 69.0 Å². The number of hydrogen-bond acceptors (Lipinski definition) is 1. The van der Waals surface area contributed by atoms with Crippen molar-refractivity contribution < 1.29 is 0 Å².